The molecule has 0 bridgehead atoms. The Hall–Kier alpha value is -1.00. The summed E-state index contributed by atoms with van der Waals surface area (Å²) in [6, 6.07) is 1.81. The minimum Gasteiger partial charge on any atom is -0.366 e. The fourth-order valence-electron chi connectivity index (χ4n) is 2.64. The molecule has 1 fully saturated rings. The Bertz CT molecular complexity index is 347. The van der Waals surface area contributed by atoms with E-state index in [1.807, 2.05) is 6.07 Å². The predicted molar refractivity (Wildman–Crippen MR) is 70.9 cm³/mol. The third-order valence-electron chi connectivity index (χ3n) is 4.09. The van der Waals surface area contributed by atoms with Gasteiger partial charge in [-0.05, 0) is 37.7 Å². The molecule has 0 spiro atoms. The first-order valence-corrected chi connectivity index (χ1v) is 6.88. The van der Waals surface area contributed by atoms with Gasteiger partial charge >= 0.3 is 0 Å². The molecule has 1 aromatic rings. The maximum Gasteiger partial charge on any atom is 0.153 e. The second-order valence-corrected chi connectivity index (χ2v) is 5.19. The maximum atomic E-state index is 6.05. The van der Waals surface area contributed by atoms with Crippen molar-refractivity contribution in [1.29, 1.82) is 0 Å². The molecule has 0 amide bonds. The normalized spacial score (nSPS) is 28.2. The lowest BCUT2D eigenvalue weighted by atomic mass is 9.77. The van der Waals surface area contributed by atoms with Crippen LogP contribution in [0.5, 0.6) is 0 Å². The van der Waals surface area contributed by atoms with Crippen LogP contribution in [0.3, 0.4) is 0 Å². The molecule has 0 aliphatic heterocycles. The average molecular weight is 249 g/mol. The van der Waals surface area contributed by atoms with Crippen LogP contribution in [0, 0.1) is 5.92 Å². The van der Waals surface area contributed by atoms with Gasteiger partial charge in [-0.3, -0.25) is 0 Å². The predicted octanol–water partition coefficient (Wildman–Crippen LogP) is 2.29. The Balaban J connectivity index is 1.89. The SMILES string of the molecule is CCC1CCC(CN)(OCc2ncccn2)CC1. The van der Waals surface area contributed by atoms with Crippen LogP contribution >= 0.6 is 0 Å². The van der Waals surface area contributed by atoms with Crippen molar-refractivity contribution in [3.8, 4) is 0 Å². The highest BCUT2D eigenvalue weighted by molar-refractivity contribution is 4.91. The molecule has 0 atom stereocenters. The van der Waals surface area contributed by atoms with Crippen LogP contribution in [0.25, 0.3) is 0 Å². The van der Waals surface area contributed by atoms with Crippen molar-refractivity contribution in [1.82, 2.24) is 9.97 Å². The quantitative estimate of drug-likeness (QED) is 0.869. The summed E-state index contributed by atoms with van der Waals surface area (Å²) in [5.41, 5.74) is 5.78. The van der Waals surface area contributed by atoms with Crippen molar-refractivity contribution >= 4 is 0 Å². The molecular formula is C14H23N3O. The van der Waals surface area contributed by atoms with Crippen molar-refractivity contribution in [2.75, 3.05) is 6.54 Å². The largest absolute Gasteiger partial charge is 0.366 e. The summed E-state index contributed by atoms with van der Waals surface area (Å²) in [6.45, 7) is 3.32. The van der Waals surface area contributed by atoms with E-state index in [9.17, 15) is 0 Å². The minimum absolute atomic E-state index is 0.148. The van der Waals surface area contributed by atoms with Gasteiger partial charge in [0, 0.05) is 18.9 Å². The van der Waals surface area contributed by atoms with E-state index in [2.05, 4.69) is 16.9 Å². The summed E-state index contributed by atoms with van der Waals surface area (Å²) in [5, 5.41) is 0. The van der Waals surface area contributed by atoms with Gasteiger partial charge in [-0.15, -0.1) is 0 Å². The maximum absolute atomic E-state index is 6.05. The summed E-state index contributed by atoms with van der Waals surface area (Å²) in [6.07, 6.45) is 9.34. The molecule has 0 saturated heterocycles. The van der Waals surface area contributed by atoms with Gasteiger partial charge in [-0.1, -0.05) is 13.3 Å². The first-order valence-electron chi connectivity index (χ1n) is 6.88. The number of ether oxygens (including phenoxy) is 1. The number of nitrogens with two attached hydrogens (primary N) is 1. The summed E-state index contributed by atoms with van der Waals surface area (Å²) in [4.78, 5) is 8.37. The van der Waals surface area contributed by atoms with Crippen molar-refractivity contribution < 1.29 is 4.74 Å². The summed E-state index contributed by atoms with van der Waals surface area (Å²) in [7, 11) is 0. The fraction of sp³-hybridized carbons (Fsp3) is 0.714. The molecule has 2 rings (SSSR count). The van der Waals surface area contributed by atoms with Crippen molar-refractivity contribution in [3.05, 3.63) is 24.3 Å². The zero-order valence-electron chi connectivity index (χ0n) is 11.1. The highest BCUT2D eigenvalue weighted by atomic mass is 16.5. The lowest BCUT2D eigenvalue weighted by molar-refractivity contribution is -0.0834. The molecule has 1 aromatic heterocycles. The van der Waals surface area contributed by atoms with E-state index in [0.717, 1.165) is 24.6 Å². The summed E-state index contributed by atoms with van der Waals surface area (Å²) in [5.74, 6) is 1.59. The van der Waals surface area contributed by atoms with Crippen LogP contribution in [0.2, 0.25) is 0 Å². The molecule has 1 heterocycles. The van der Waals surface area contributed by atoms with Gasteiger partial charge < -0.3 is 10.5 Å². The van der Waals surface area contributed by atoms with Gasteiger partial charge in [0.1, 0.15) is 6.61 Å². The lowest BCUT2D eigenvalue weighted by Gasteiger charge is -2.39. The Morgan fingerprint density at radius 2 is 2.00 bits per heavy atom. The van der Waals surface area contributed by atoms with E-state index >= 15 is 0 Å². The highest BCUT2D eigenvalue weighted by Gasteiger charge is 2.34. The molecule has 100 valence electrons. The lowest BCUT2D eigenvalue weighted by Crippen LogP contribution is -2.44. The Kier molecular flexibility index (Phi) is 4.66. The number of hydrogen-bond donors (Lipinski definition) is 1. The smallest absolute Gasteiger partial charge is 0.153 e. The second kappa shape index (κ2) is 6.25. The fourth-order valence-corrected chi connectivity index (χ4v) is 2.64. The first-order chi connectivity index (χ1) is 8.78. The molecule has 1 saturated carbocycles. The van der Waals surface area contributed by atoms with Gasteiger partial charge in [-0.2, -0.15) is 0 Å². The van der Waals surface area contributed by atoms with Crippen LogP contribution in [0.4, 0.5) is 0 Å². The third kappa shape index (κ3) is 3.27. The molecule has 1 aliphatic rings. The molecule has 4 nitrogen and oxygen atoms in total. The van der Waals surface area contributed by atoms with Crippen LogP contribution in [-0.4, -0.2) is 22.1 Å². The van der Waals surface area contributed by atoms with Gasteiger partial charge in [0.2, 0.25) is 0 Å². The molecule has 2 N–H and O–H groups in total. The molecular weight excluding hydrogens is 226 g/mol. The van der Waals surface area contributed by atoms with E-state index in [4.69, 9.17) is 10.5 Å². The monoisotopic (exact) mass is 249 g/mol. The Labute approximate surface area is 109 Å². The van der Waals surface area contributed by atoms with Crippen LogP contribution in [0.1, 0.15) is 44.9 Å². The molecule has 0 unspecified atom stereocenters. The molecule has 0 radical (unpaired) electrons. The molecule has 18 heavy (non-hydrogen) atoms. The molecule has 0 aromatic carbocycles. The van der Waals surface area contributed by atoms with E-state index in [1.54, 1.807) is 12.4 Å². The van der Waals surface area contributed by atoms with Crippen molar-refractivity contribution in [3.63, 3.8) is 0 Å². The van der Waals surface area contributed by atoms with Crippen LogP contribution in [0.15, 0.2) is 18.5 Å². The van der Waals surface area contributed by atoms with Crippen LogP contribution in [-0.2, 0) is 11.3 Å². The van der Waals surface area contributed by atoms with Gasteiger partial charge in [-0.25, -0.2) is 9.97 Å². The zero-order chi connectivity index (χ0) is 12.8. The van der Waals surface area contributed by atoms with Gasteiger partial charge in [0.25, 0.3) is 0 Å². The number of nitrogens with zero attached hydrogens (tertiary/aromatic N) is 2. The Morgan fingerprint density at radius 3 is 2.56 bits per heavy atom. The van der Waals surface area contributed by atoms with Crippen molar-refractivity contribution in [2.24, 2.45) is 11.7 Å². The van der Waals surface area contributed by atoms with E-state index < -0.39 is 0 Å². The zero-order valence-corrected chi connectivity index (χ0v) is 11.1. The Morgan fingerprint density at radius 1 is 1.33 bits per heavy atom. The topological polar surface area (TPSA) is 61.0 Å². The van der Waals surface area contributed by atoms with Gasteiger partial charge in [0.15, 0.2) is 5.82 Å². The standard InChI is InChI=1S/C14H23N3O/c1-2-12-4-6-14(11-15,7-5-12)18-10-13-16-8-3-9-17-13/h3,8-9,12H,2,4-7,10-11,15H2,1H3. The molecule has 4 heteroatoms. The van der Waals surface area contributed by atoms with E-state index in [-0.39, 0.29) is 5.60 Å². The van der Waals surface area contributed by atoms with E-state index in [1.165, 1.54) is 19.3 Å². The second-order valence-electron chi connectivity index (χ2n) is 5.19. The third-order valence-corrected chi connectivity index (χ3v) is 4.09. The van der Waals surface area contributed by atoms with Crippen LogP contribution < -0.4 is 5.73 Å². The molecule has 1 aliphatic carbocycles. The number of hydrogen-bond acceptors (Lipinski definition) is 4. The van der Waals surface area contributed by atoms with E-state index in [0.29, 0.717) is 13.2 Å². The van der Waals surface area contributed by atoms with Crippen molar-refractivity contribution in [2.45, 2.75) is 51.2 Å². The number of rotatable bonds is 5. The average Bonchev–Trinajstić information content (AvgIpc) is 2.47. The minimum atomic E-state index is -0.148. The number of aromatic nitrogens is 2. The summed E-state index contributed by atoms with van der Waals surface area (Å²) >= 11 is 0. The first kappa shape index (κ1) is 13.4. The highest BCUT2D eigenvalue weighted by Crippen LogP contribution is 2.36. The summed E-state index contributed by atoms with van der Waals surface area (Å²) < 4.78 is 6.05. The van der Waals surface area contributed by atoms with Gasteiger partial charge in [0.05, 0.1) is 5.60 Å².